The molecule has 0 radical (unpaired) electrons. The number of pyridine rings is 1. The Hall–Kier alpha value is -3.14. The molecule has 1 aromatic heterocycles. The molecular formula is C28H20Cl2N2O. The molecule has 3 aromatic carbocycles. The Balaban J connectivity index is 1.60. The van der Waals surface area contributed by atoms with Crippen molar-refractivity contribution in [3.8, 4) is 0 Å². The van der Waals surface area contributed by atoms with E-state index in [1.165, 1.54) is 5.56 Å². The maximum atomic E-state index is 13.7. The first-order valence-corrected chi connectivity index (χ1v) is 11.8. The van der Waals surface area contributed by atoms with Crippen LogP contribution in [-0.2, 0) is 4.79 Å². The second-order valence-corrected chi connectivity index (χ2v) is 9.40. The molecule has 2 heterocycles. The number of carbonyl (C=O) groups is 1. The summed E-state index contributed by atoms with van der Waals surface area (Å²) >= 11 is 13.0. The molecule has 0 fully saturated rings. The van der Waals surface area contributed by atoms with Gasteiger partial charge in [0, 0.05) is 34.8 Å². The van der Waals surface area contributed by atoms with Crippen LogP contribution in [0.1, 0.15) is 41.5 Å². The molecule has 33 heavy (non-hydrogen) atoms. The predicted molar refractivity (Wildman–Crippen MR) is 135 cm³/mol. The molecule has 2 aliphatic rings. The minimum atomic E-state index is -0.350. The molecule has 0 spiro atoms. The number of hydrogen-bond acceptors (Lipinski definition) is 3. The number of anilines is 1. The Morgan fingerprint density at radius 3 is 2.58 bits per heavy atom. The van der Waals surface area contributed by atoms with Crippen LogP contribution in [0.5, 0.6) is 0 Å². The van der Waals surface area contributed by atoms with Gasteiger partial charge in [-0.25, -0.2) is 0 Å². The van der Waals surface area contributed by atoms with E-state index in [-0.39, 0.29) is 17.7 Å². The van der Waals surface area contributed by atoms with Crippen LogP contribution in [0.2, 0.25) is 10.0 Å². The summed E-state index contributed by atoms with van der Waals surface area (Å²) in [5.74, 6) is 0.274. The summed E-state index contributed by atoms with van der Waals surface area (Å²) in [6.07, 6.45) is 3.05. The lowest BCUT2D eigenvalue weighted by molar-refractivity contribution is -0.116. The van der Waals surface area contributed by atoms with Gasteiger partial charge < -0.3 is 5.32 Å². The van der Waals surface area contributed by atoms with Gasteiger partial charge in [0.2, 0.25) is 0 Å². The zero-order valence-corrected chi connectivity index (χ0v) is 19.2. The summed E-state index contributed by atoms with van der Waals surface area (Å²) in [7, 11) is 0. The van der Waals surface area contributed by atoms with Crippen molar-refractivity contribution in [3.05, 3.63) is 111 Å². The Kier molecular flexibility index (Phi) is 4.97. The molecule has 6 rings (SSSR count). The van der Waals surface area contributed by atoms with Crippen molar-refractivity contribution in [2.45, 2.75) is 24.8 Å². The lowest BCUT2D eigenvalue weighted by Gasteiger charge is -2.37. The highest BCUT2D eigenvalue weighted by Gasteiger charge is 2.39. The van der Waals surface area contributed by atoms with Crippen LogP contribution in [0.15, 0.2) is 84.6 Å². The van der Waals surface area contributed by atoms with E-state index in [0.717, 1.165) is 45.3 Å². The molecule has 162 valence electrons. The fraction of sp³-hybridized carbons (Fsp3) is 0.143. The topological polar surface area (TPSA) is 42.0 Å². The first-order valence-electron chi connectivity index (χ1n) is 11.0. The average molecular weight is 471 g/mol. The molecule has 0 saturated heterocycles. The Bertz CT molecular complexity index is 1450. The fourth-order valence-corrected chi connectivity index (χ4v) is 5.68. The van der Waals surface area contributed by atoms with Gasteiger partial charge in [-0.3, -0.25) is 9.78 Å². The smallest absolute Gasteiger partial charge is 0.162 e. The van der Waals surface area contributed by atoms with Gasteiger partial charge in [0.15, 0.2) is 5.78 Å². The number of Topliss-reactive ketones (excluding diaryl/α,β-unsaturated/α-hetero) is 1. The van der Waals surface area contributed by atoms with Crippen molar-refractivity contribution >= 4 is 51.1 Å². The third-order valence-corrected chi connectivity index (χ3v) is 7.58. The summed E-state index contributed by atoms with van der Waals surface area (Å²) in [5, 5.41) is 5.62. The van der Waals surface area contributed by atoms with Crippen molar-refractivity contribution < 1.29 is 4.79 Å². The molecule has 4 aromatic rings. The Labute approximate surface area is 202 Å². The SMILES string of the molecule is O=C1C[C@@H](c2ccccc2)CC2=C1[C@H](c1cccc(Cl)c1Cl)Nc1ccc3ncccc3c12. The molecule has 3 nitrogen and oxygen atoms in total. The van der Waals surface area contributed by atoms with E-state index in [1.54, 1.807) is 12.3 Å². The van der Waals surface area contributed by atoms with Crippen LogP contribution in [0.25, 0.3) is 16.5 Å². The lowest BCUT2D eigenvalue weighted by Crippen LogP contribution is -2.29. The van der Waals surface area contributed by atoms with Gasteiger partial charge in [0.25, 0.3) is 0 Å². The molecular weight excluding hydrogens is 451 g/mol. The van der Waals surface area contributed by atoms with Crippen molar-refractivity contribution in [2.24, 2.45) is 0 Å². The maximum Gasteiger partial charge on any atom is 0.162 e. The number of aromatic nitrogens is 1. The van der Waals surface area contributed by atoms with Gasteiger partial charge in [-0.15, -0.1) is 0 Å². The molecule has 0 saturated carbocycles. The van der Waals surface area contributed by atoms with Crippen molar-refractivity contribution in [1.29, 1.82) is 0 Å². The highest BCUT2D eigenvalue weighted by atomic mass is 35.5. The van der Waals surface area contributed by atoms with E-state index in [2.05, 4.69) is 34.6 Å². The number of halogens is 2. The normalized spacial score (nSPS) is 19.8. The fourth-order valence-electron chi connectivity index (χ4n) is 5.27. The quantitative estimate of drug-likeness (QED) is 0.327. The van der Waals surface area contributed by atoms with Gasteiger partial charge in [-0.05, 0) is 53.3 Å². The summed E-state index contributed by atoms with van der Waals surface area (Å²) < 4.78 is 0. The summed E-state index contributed by atoms with van der Waals surface area (Å²) in [6.45, 7) is 0. The van der Waals surface area contributed by atoms with Crippen LogP contribution in [0.3, 0.4) is 0 Å². The number of fused-ring (bicyclic) bond motifs is 4. The first kappa shape index (κ1) is 20.5. The van der Waals surface area contributed by atoms with Crippen molar-refractivity contribution in [1.82, 2.24) is 4.98 Å². The van der Waals surface area contributed by atoms with Gasteiger partial charge >= 0.3 is 0 Å². The van der Waals surface area contributed by atoms with E-state index >= 15 is 0 Å². The first-order chi connectivity index (χ1) is 16.1. The maximum absolute atomic E-state index is 13.7. The van der Waals surface area contributed by atoms with Crippen LogP contribution < -0.4 is 5.32 Å². The Morgan fingerprint density at radius 2 is 1.73 bits per heavy atom. The third kappa shape index (κ3) is 3.35. The van der Waals surface area contributed by atoms with E-state index < -0.39 is 0 Å². The standard InChI is InChI=1S/C28H20Cl2N2O/c29-21-10-4-8-19(27(21)30)28-26-20(14-17(15-24(26)33)16-6-2-1-3-7-16)25-18-9-5-13-31-22(18)11-12-23(25)32-28/h1-13,17,28,32H,14-15H2/t17-,28-/m0/s1. The zero-order chi connectivity index (χ0) is 22.5. The van der Waals surface area contributed by atoms with Gasteiger partial charge in [0.1, 0.15) is 0 Å². The summed E-state index contributed by atoms with van der Waals surface area (Å²) in [4.78, 5) is 18.3. The number of benzene rings is 3. The molecule has 1 aliphatic carbocycles. The summed E-state index contributed by atoms with van der Waals surface area (Å²) in [6, 6.07) is 23.6. The number of carbonyl (C=O) groups excluding carboxylic acids is 1. The molecule has 0 amide bonds. The minimum Gasteiger partial charge on any atom is -0.373 e. The van der Waals surface area contributed by atoms with Crippen LogP contribution in [-0.4, -0.2) is 10.8 Å². The van der Waals surface area contributed by atoms with Gasteiger partial charge in [-0.2, -0.15) is 0 Å². The largest absolute Gasteiger partial charge is 0.373 e. The number of ketones is 1. The van der Waals surface area contributed by atoms with E-state index in [9.17, 15) is 4.79 Å². The number of nitrogens with one attached hydrogen (secondary N) is 1. The van der Waals surface area contributed by atoms with Gasteiger partial charge in [-0.1, -0.05) is 71.7 Å². The third-order valence-electron chi connectivity index (χ3n) is 6.75. The van der Waals surface area contributed by atoms with E-state index in [0.29, 0.717) is 16.5 Å². The highest BCUT2D eigenvalue weighted by Crippen LogP contribution is 2.51. The predicted octanol–water partition coefficient (Wildman–Crippen LogP) is 7.61. The lowest BCUT2D eigenvalue weighted by atomic mass is 9.72. The number of nitrogens with zero attached hydrogens (tertiary/aromatic N) is 1. The summed E-state index contributed by atoms with van der Waals surface area (Å²) in [5.41, 5.74) is 6.84. The van der Waals surface area contributed by atoms with Gasteiger partial charge in [0.05, 0.1) is 21.6 Å². The molecule has 0 bridgehead atoms. The van der Waals surface area contributed by atoms with Crippen LogP contribution in [0.4, 0.5) is 5.69 Å². The number of rotatable bonds is 2. The monoisotopic (exact) mass is 470 g/mol. The van der Waals surface area contributed by atoms with Crippen LogP contribution >= 0.6 is 23.2 Å². The van der Waals surface area contributed by atoms with Crippen molar-refractivity contribution in [3.63, 3.8) is 0 Å². The average Bonchev–Trinajstić information content (AvgIpc) is 2.85. The second-order valence-electron chi connectivity index (χ2n) is 8.61. The molecule has 5 heteroatoms. The molecule has 1 aliphatic heterocycles. The molecule has 0 unspecified atom stereocenters. The minimum absolute atomic E-state index is 0.130. The van der Waals surface area contributed by atoms with Crippen molar-refractivity contribution in [2.75, 3.05) is 5.32 Å². The number of allylic oxidation sites excluding steroid dienone is 1. The molecule has 2 atom stereocenters. The highest BCUT2D eigenvalue weighted by molar-refractivity contribution is 6.42. The Morgan fingerprint density at radius 1 is 0.879 bits per heavy atom. The van der Waals surface area contributed by atoms with Crippen LogP contribution in [0, 0.1) is 0 Å². The second kappa shape index (κ2) is 8.02. The molecule has 1 N–H and O–H groups in total. The van der Waals surface area contributed by atoms with E-state index in [4.69, 9.17) is 23.2 Å². The number of hydrogen-bond donors (Lipinski definition) is 1. The zero-order valence-electron chi connectivity index (χ0n) is 17.7. The van der Waals surface area contributed by atoms with E-state index in [1.807, 2.05) is 42.5 Å².